The van der Waals surface area contributed by atoms with E-state index in [4.69, 9.17) is 9.47 Å². The number of benzene rings is 2. The average molecular weight is 462 g/mol. The van der Waals surface area contributed by atoms with Crippen LogP contribution in [0.1, 0.15) is 11.1 Å². The summed E-state index contributed by atoms with van der Waals surface area (Å²) >= 11 is 4.89. The van der Waals surface area contributed by atoms with Crippen molar-refractivity contribution in [3.8, 4) is 11.5 Å². The zero-order valence-electron chi connectivity index (χ0n) is 15.5. The molecule has 146 valence electrons. The number of rotatable bonds is 7. The molecule has 1 unspecified atom stereocenters. The summed E-state index contributed by atoms with van der Waals surface area (Å²) in [6.07, 6.45) is 1.66. The first kappa shape index (κ1) is 20.6. The average Bonchev–Trinajstić information content (AvgIpc) is 3.06. The number of ether oxygens (including phenoxy) is 2. The molecule has 0 radical (unpaired) electrons. The number of carbonyl (C=O) groups excluding carboxylic acids is 1. The summed E-state index contributed by atoms with van der Waals surface area (Å²) in [6, 6.07) is 12.9. The lowest BCUT2D eigenvalue weighted by Crippen LogP contribution is -2.37. The van der Waals surface area contributed by atoms with Crippen LogP contribution in [-0.2, 0) is 11.3 Å². The highest BCUT2D eigenvalue weighted by Crippen LogP contribution is 2.26. The number of ketones is 1. The number of hydrogen-bond donors (Lipinski definition) is 1. The van der Waals surface area contributed by atoms with Crippen molar-refractivity contribution >= 4 is 44.7 Å². The van der Waals surface area contributed by atoms with E-state index in [2.05, 4.69) is 31.4 Å². The van der Waals surface area contributed by atoms with Gasteiger partial charge < -0.3 is 9.47 Å². The Kier molecular flexibility index (Phi) is 7.24. The monoisotopic (exact) mass is 461 g/mol. The molecule has 1 N–H and O–H groups in total. The fraction of sp³-hybridized carbons (Fsp3) is 0.250. The van der Waals surface area contributed by atoms with Crippen LogP contribution in [0.25, 0.3) is 0 Å². The zero-order chi connectivity index (χ0) is 19.9. The SMILES string of the molecule is COc1ccc(C=NN=C2SCC(=O)C2NCc2ccc(OC)c(Br)c2)cc1. The molecule has 1 aliphatic heterocycles. The van der Waals surface area contributed by atoms with Gasteiger partial charge in [-0.3, -0.25) is 10.1 Å². The van der Waals surface area contributed by atoms with Gasteiger partial charge in [0.1, 0.15) is 22.6 Å². The van der Waals surface area contributed by atoms with Crippen molar-refractivity contribution in [3.05, 3.63) is 58.1 Å². The first-order valence-corrected chi connectivity index (χ1v) is 10.3. The minimum absolute atomic E-state index is 0.107. The summed E-state index contributed by atoms with van der Waals surface area (Å²) in [7, 11) is 3.25. The van der Waals surface area contributed by atoms with E-state index >= 15 is 0 Å². The van der Waals surface area contributed by atoms with Crippen molar-refractivity contribution in [1.82, 2.24) is 5.32 Å². The Morgan fingerprint density at radius 1 is 1.21 bits per heavy atom. The van der Waals surface area contributed by atoms with E-state index in [-0.39, 0.29) is 5.78 Å². The maximum absolute atomic E-state index is 12.2. The van der Waals surface area contributed by atoms with Crippen LogP contribution in [0, 0.1) is 0 Å². The van der Waals surface area contributed by atoms with E-state index in [9.17, 15) is 4.79 Å². The third-order valence-electron chi connectivity index (χ3n) is 4.14. The molecule has 0 bridgehead atoms. The number of nitrogens with one attached hydrogen (secondary N) is 1. The van der Waals surface area contributed by atoms with E-state index in [0.29, 0.717) is 17.3 Å². The molecule has 1 aliphatic rings. The van der Waals surface area contributed by atoms with Gasteiger partial charge in [0.25, 0.3) is 0 Å². The van der Waals surface area contributed by atoms with Gasteiger partial charge in [0.05, 0.1) is 30.7 Å². The highest BCUT2D eigenvalue weighted by molar-refractivity contribution is 9.10. The molecule has 1 atom stereocenters. The maximum Gasteiger partial charge on any atom is 0.166 e. The summed E-state index contributed by atoms with van der Waals surface area (Å²) in [5.74, 6) is 2.07. The molecule has 6 nitrogen and oxygen atoms in total. The lowest BCUT2D eigenvalue weighted by Gasteiger charge is -2.12. The molecule has 0 aliphatic carbocycles. The molecular weight excluding hydrogens is 442 g/mol. The summed E-state index contributed by atoms with van der Waals surface area (Å²) in [5, 5.41) is 12.4. The lowest BCUT2D eigenvalue weighted by atomic mass is 10.2. The van der Waals surface area contributed by atoms with Crippen LogP contribution < -0.4 is 14.8 Å². The van der Waals surface area contributed by atoms with E-state index in [1.54, 1.807) is 20.4 Å². The van der Waals surface area contributed by atoms with E-state index < -0.39 is 6.04 Å². The standard InChI is InChI=1S/C20H20BrN3O3S/c1-26-15-6-3-13(4-7-15)11-23-24-20-19(17(25)12-28-20)22-10-14-5-8-18(27-2)16(21)9-14/h3-9,11,19,22H,10,12H2,1-2H3. The second-order valence-corrected chi connectivity index (χ2v) is 7.84. The Balaban J connectivity index is 1.64. The molecule has 28 heavy (non-hydrogen) atoms. The molecule has 1 saturated heterocycles. The minimum Gasteiger partial charge on any atom is -0.497 e. The predicted octanol–water partition coefficient (Wildman–Crippen LogP) is 3.67. The van der Waals surface area contributed by atoms with Crippen LogP contribution in [-0.4, -0.2) is 43.1 Å². The number of Topliss-reactive ketones (excluding diaryl/α,β-unsaturated/α-hetero) is 1. The normalized spacial score (nSPS) is 18.2. The quantitative estimate of drug-likeness (QED) is 0.502. The molecule has 0 aromatic heterocycles. The van der Waals surface area contributed by atoms with Crippen LogP contribution in [0.3, 0.4) is 0 Å². The topological polar surface area (TPSA) is 72.3 Å². The number of hydrogen-bond acceptors (Lipinski definition) is 7. The van der Waals surface area contributed by atoms with Crippen LogP contribution in [0.4, 0.5) is 0 Å². The molecule has 2 aromatic rings. The van der Waals surface area contributed by atoms with Gasteiger partial charge in [0.2, 0.25) is 0 Å². The van der Waals surface area contributed by atoms with Gasteiger partial charge in [-0.25, -0.2) is 0 Å². The van der Waals surface area contributed by atoms with Gasteiger partial charge in [0, 0.05) is 6.54 Å². The van der Waals surface area contributed by atoms with Crippen LogP contribution in [0.5, 0.6) is 11.5 Å². The van der Waals surface area contributed by atoms with Gasteiger partial charge in [-0.2, -0.15) is 5.10 Å². The van der Waals surface area contributed by atoms with Gasteiger partial charge in [-0.05, 0) is 63.5 Å². The van der Waals surface area contributed by atoms with Crippen molar-refractivity contribution in [1.29, 1.82) is 0 Å². The number of methoxy groups -OCH3 is 2. The van der Waals surface area contributed by atoms with Crippen molar-refractivity contribution in [2.75, 3.05) is 20.0 Å². The molecule has 0 spiro atoms. The number of nitrogens with zero attached hydrogens (tertiary/aromatic N) is 2. The Hall–Kier alpha value is -2.16. The van der Waals surface area contributed by atoms with E-state index in [0.717, 1.165) is 27.1 Å². The van der Waals surface area contributed by atoms with Crippen LogP contribution in [0.15, 0.2) is 57.1 Å². The number of thioether (sulfide) groups is 1. The van der Waals surface area contributed by atoms with Crippen LogP contribution >= 0.6 is 27.7 Å². The van der Waals surface area contributed by atoms with Crippen LogP contribution in [0.2, 0.25) is 0 Å². The van der Waals surface area contributed by atoms with Gasteiger partial charge >= 0.3 is 0 Å². The Morgan fingerprint density at radius 2 is 2.00 bits per heavy atom. The number of halogens is 1. The van der Waals surface area contributed by atoms with Gasteiger partial charge in [-0.1, -0.05) is 17.8 Å². The molecule has 8 heteroatoms. The van der Waals surface area contributed by atoms with E-state index in [1.165, 1.54) is 11.8 Å². The first-order valence-electron chi connectivity index (χ1n) is 8.57. The maximum atomic E-state index is 12.2. The molecule has 3 rings (SSSR count). The highest BCUT2D eigenvalue weighted by Gasteiger charge is 2.31. The Labute approximate surface area is 176 Å². The fourth-order valence-corrected chi connectivity index (χ4v) is 4.15. The second kappa shape index (κ2) is 9.86. The second-order valence-electron chi connectivity index (χ2n) is 5.99. The summed E-state index contributed by atoms with van der Waals surface area (Å²) < 4.78 is 11.2. The molecule has 2 aromatic carbocycles. The molecule has 1 fully saturated rings. The van der Waals surface area contributed by atoms with Crippen molar-refractivity contribution < 1.29 is 14.3 Å². The molecular formula is C20H20BrN3O3S. The van der Waals surface area contributed by atoms with Crippen molar-refractivity contribution in [2.45, 2.75) is 12.6 Å². The van der Waals surface area contributed by atoms with Crippen molar-refractivity contribution in [3.63, 3.8) is 0 Å². The van der Waals surface area contributed by atoms with Crippen molar-refractivity contribution in [2.24, 2.45) is 10.2 Å². The summed E-state index contributed by atoms with van der Waals surface area (Å²) in [6.45, 7) is 0.542. The molecule has 0 amide bonds. The predicted molar refractivity (Wildman–Crippen MR) is 117 cm³/mol. The number of carbonyl (C=O) groups is 1. The highest BCUT2D eigenvalue weighted by atomic mass is 79.9. The molecule has 0 saturated carbocycles. The summed E-state index contributed by atoms with van der Waals surface area (Å²) in [5.41, 5.74) is 1.95. The third-order valence-corrected chi connectivity index (χ3v) is 5.80. The van der Waals surface area contributed by atoms with Gasteiger partial charge in [-0.15, -0.1) is 5.10 Å². The fourth-order valence-electron chi connectivity index (χ4n) is 2.62. The Bertz CT molecular complexity index is 900. The lowest BCUT2D eigenvalue weighted by molar-refractivity contribution is -0.116. The van der Waals surface area contributed by atoms with Gasteiger partial charge in [0.15, 0.2) is 5.78 Å². The Morgan fingerprint density at radius 3 is 2.68 bits per heavy atom. The third kappa shape index (κ3) is 5.21. The largest absolute Gasteiger partial charge is 0.497 e. The zero-order valence-corrected chi connectivity index (χ0v) is 17.9. The van der Waals surface area contributed by atoms with E-state index in [1.807, 2.05) is 42.5 Å². The molecule has 1 heterocycles. The minimum atomic E-state index is -0.432. The smallest absolute Gasteiger partial charge is 0.166 e. The summed E-state index contributed by atoms with van der Waals surface area (Å²) in [4.78, 5) is 12.2. The first-order chi connectivity index (χ1) is 13.6.